The van der Waals surface area contributed by atoms with Crippen LogP contribution in [0, 0.1) is 11.8 Å². The summed E-state index contributed by atoms with van der Waals surface area (Å²) < 4.78 is 28.7. The van der Waals surface area contributed by atoms with Crippen LogP contribution in [0.2, 0.25) is 0 Å². The quantitative estimate of drug-likeness (QED) is 0.0243. The van der Waals surface area contributed by atoms with Crippen molar-refractivity contribution in [1.82, 2.24) is 10.6 Å². The summed E-state index contributed by atoms with van der Waals surface area (Å²) in [7, 11) is 0. The minimum atomic E-state index is -1.02. The van der Waals surface area contributed by atoms with Crippen molar-refractivity contribution in [3.05, 3.63) is 94.1 Å². The third-order valence-corrected chi connectivity index (χ3v) is 17.6. The molecule has 4 aliphatic rings. The normalized spacial score (nSPS) is 21.2. The molecule has 6 rings (SSSR count). The molecule has 7 atom stereocenters. The predicted molar refractivity (Wildman–Crippen MR) is 324 cm³/mol. The molecular formula is C66H98N2O12S. The van der Waals surface area contributed by atoms with Gasteiger partial charge in [-0.05, 0) is 152 Å². The van der Waals surface area contributed by atoms with E-state index in [4.69, 9.17) is 28.8 Å². The van der Waals surface area contributed by atoms with Crippen LogP contribution >= 0.6 is 11.8 Å². The monoisotopic (exact) mass is 1140 g/mol. The number of carbonyl (C=O) groups is 4. The van der Waals surface area contributed by atoms with Gasteiger partial charge in [0.2, 0.25) is 0 Å². The number of urea groups is 1. The van der Waals surface area contributed by atoms with Crippen molar-refractivity contribution in [1.29, 1.82) is 0 Å². The van der Waals surface area contributed by atoms with E-state index < -0.39 is 12.6 Å². The van der Waals surface area contributed by atoms with Crippen molar-refractivity contribution >= 4 is 35.3 Å². The number of carboxylic acid groups (broad SMARTS) is 1. The largest absolute Gasteiger partial charge is 0.508 e. The van der Waals surface area contributed by atoms with E-state index in [0.717, 1.165) is 135 Å². The lowest BCUT2D eigenvalue weighted by molar-refractivity contribution is -0.139. The maximum atomic E-state index is 12.8. The number of thioether (sulfide) groups is 1. The zero-order valence-electron chi connectivity index (χ0n) is 49.8. The van der Waals surface area contributed by atoms with Gasteiger partial charge >= 0.3 is 12.0 Å². The lowest BCUT2D eigenvalue weighted by Crippen LogP contribution is -2.36. The number of carbonyl (C=O) groups excluding carboxylic acids is 3. The number of ether oxygens (including phenoxy) is 5. The number of hydrogen-bond donors (Lipinski definition) is 5. The molecule has 2 aliphatic heterocycles. The van der Waals surface area contributed by atoms with Crippen molar-refractivity contribution in [2.75, 3.05) is 58.6 Å². The fourth-order valence-electron chi connectivity index (χ4n) is 11.6. The van der Waals surface area contributed by atoms with Gasteiger partial charge in [0.05, 0.1) is 38.5 Å². The van der Waals surface area contributed by atoms with Gasteiger partial charge in [0, 0.05) is 66.4 Å². The zero-order chi connectivity index (χ0) is 58.7. The van der Waals surface area contributed by atoms with Gasteiger partial charge in [0.1, 0.15) is 35.4 Å². The summed E-state index contributed by atoms with van der Waals surface area (Å²) in [5.74, 6) is 2.18. The van der Waals surface area contributed by atoms with Crippen molar-refractivity contribution in [3.8, 4) is 23.0 Å². The van der Waals surface area contributed by atoms with Crippen LogP contribution in [0.15, 0.2) is 71.9 Å². The number of aromatic hydroxyl groups is 2. The topological polar surface area (TPSA) is 199 Å². The number of allylic oxidation sites excluding steroid dienone is 6. The summed E-state index contributed by atoms with van der Waals surface area (Å²) in [6.07, 6.45) is 22.1. The molecule has 0 spiro atoms. The number of Topliss-reactive ketones (excluding diaryl/α,β-unsaturated/α-hetero) is 2. The first-order valence-electron chi connectivity index (χ1n) is 30.3. The van der Waals surface area contributed by atoms with Gasteiger partial charge in [-0.3, -0.25) is 9.59 Å². The molecule has 81 heavy (non-hydrogen) atoms. The highest BCUT2D eigenvalue weighted by molar-refractivity contribution is 8.00. The second-order valence-corrected chi connectivity index (χ2v) is 24.3. The van der Waals surface area contributed by atoms with Crippen LogP contribution < -0.4 is 20.1 Å². The van der Waals surface area contributed by atoms with E-state index in [9.17, 15) is 29.4 Å². The molecule has 0 saturated carbocycles. The Morgan fingerprint density at radius 1 is 0.679 bits per heavy atom. The molecule has 2 fully saturated rings. The lowest BCUT2D eigenvalue weighted by atomic mass is 9.72. The van der Waals surface area contributed by atoms with Crippen molar-refractivity contribution in [2.45, 2.75) is 199 Å². The Balaban J connectivity index is 0.000000373. The maximum Gasteiger partial charge on any atom is 0.341 e. The number of aryl methyl sites for hydroxylation is 2. The predicted octanol–water partition coefficient (Wildman–Crippen LogP) is 13.6. The molecule has 2 saturated heterocycles. The van der Waals surface area contributed by atoms with E-state index in [1.54, 1.807) is 0 Å². The SMILES string of the molecule is C=C(C)[C@@H]1CC=C(C)C[C@H]1c1c(O)cc(CCCCC)cc1OCC(=O)O.C=C(C)[C@@H]1CCC(C)=C[C@H]1c1c(O)cc(CCCCC)cc1OCC(=O)CCCOCCOCCOCCCC(=O)CCCCC1SCC2NC(=O)NC21. The van der Waals surface area contributed by atoms with Crippen LogP contribution in [0.5, 0.6) is 23.0 Å². The van der Waals surface area contributed by atoms with Gasteiger partial charge in [0.25, 0.3) is 0 Å². The van der Waals surface area contributed by atoms with Crippen molar-refractivity contribution in [2.24, 2.45) is 11.8 Å². The number of benzene rings is 2. The van der Waals surface area contributed by atoms with Crippen LogP contribution in [0.25, 0.3) is 0 Å². The van der Waals surface area contributed by atoms with Crippen LogP contribution in [-0.2, 0) is 41.4 Å². The summed E-state index contributed by atoms with van der Waals surface area (Å²) in [6, 6.07) is 8.05. The minimum absolute atomic E-state index is 0.00179. The average molecular weight is 1140 g/mol. The number of ketones is 2. The van der Waals surface area contributed by atoms with Crippen LogP contribution in [-0.4, -0.2) is 115 Å². The Hall–Kier alpha value is -5.09. The third-order valence-electron chi connectivity index (χ3n) is 16.1. The van der Waals surface area contributed by atoms with E-state index >= 15 is 0 Å². The molecule has 5 N–H and O–H groups in total. The lowest BCUT2D eigenvalue weighted by Gasteiger charge is -2.33. The summed E-state index contributed by atoms with van der Waals surface area (Å²) >= 11 is 1.91. The van der Waals surface area contributed by atoms with E-state index in [0.29, 0.717) is 88.5 Å². The number of rotatable bonds is 37. The Morgan fingerprint density at radius 2 is 1.25 bits per heavy atom. The molecule has 14 nitrogen and oxygen atoms in total. The number of phenols is 2. The van der Waals surface area contributed by atoms with Gasteiger partial charge in [0.15, 0.2) is 12.4 Å². The molecule has 2 heterocycles. The number of phenolic OH excluding ortho intramolecular Hbond substituents is 2. The first-order chi connectivity index (χ1) is 39.0. The molecule has 2 aromatic carbocycles. The van der Waals surface area contributed by atoms with Crippen molar-refractivity contribution < 1.29 is 58.2 Å². The van der Waals surface area contributed by atoms with Gasteiger partial charge in [-0.2, -0.15) is 11.8 Å². The molecule has 450 valence electrons. The fraction of sp³-hybridized carbons (Fsp3) is 0.636. The van der Waals surface area contributed by atoms with Gasteiger partial charge in [-0.1, -0.05) is 93.6 Å². The molecule has 2 aliphatic carbocycles. The van der Waals surface area contributed by atoms with Crippen LogP contribution in [0.4, 0.5) is 4.79 Å². The summed E-state index contributed by atoms with van der Waals surface area (Å²) in [6.45, 7) is 23.4. The average Bonchev–Trinajstić information content (AvgIpc) is 3.99. The maximum absolute atomic E-state index is 12.8. The van der Waals surface area contributed by atoms with Gasteiger partial charge in [-0.15, -0.1) is 0 Å². The Labute approximate surface area is 488 Å². The molecular weight excluding hydrogens is 1040 g/mol. The summed E-state index contributed by atoms with van der Waals surface area (Å²) in [5.41, 5.74) is 8.21. The fourth-order valence-corrected chi connectivity index (χ4v) is 13.2. The van der Waals surface area contributed by atoms with Crippen LogP contribution in [0.3, 0.4) is 0 Å². The Bertz CT molecular complexity index is 2430. The number of nitrogens with one attached hydrogen (secondary N) is 2. The number of hydrogen-bond acceptors (Lipinski definition) is 12. The molecule has 3 unspecified atom stereocenters. The zero-order valence-corrected chi connectivity index (χ0v) is 50.7. The minimum Gasteiger partial charge on any atom is -0.508 e. The summed E-state index contributed by atoms with van der Waals surface area (Å²) in [4.78, 5) is 47.6. The van der Waals surface area contributed by atoms with Gasteiger partial charge in [-0.25, -0.2) is 9.59 Å². The van der Waals surface area contributed by atoms with E-state index in [-0.39, 0.29) is 71.5 Å². The smallest absolute Gasteiger partial charge is 0.341 e. The molecule has 2 aromatic rings. The standard InChI is InChI=1S/C43H66N2O8S.C23H32O4/c1-5-6-7-12-32-26-38(48)41(36-25-31(4)17-18-35(36)30(2)3)39(27-32)53-28-34(47)15-11-20-51-22-24-52-23-21-50-19-10-14-33(46)13-8-9-16-40-42-37(29-54-40)44-43(49)45-42;1-5-6-7-8-17-12-20(24)23(21(13-17)27-14-22(25)26)19-11-16(4)9-10-18(19)15(2)3/h25-27,35-37,40,42,48H,2,5-24,28-29H2,1,3-4H3,(H2,44,45,49);9,12-13,18-19,24H,2,5-8,10-11,14H2,1,3-4H3,(H,25,26)/t35-,36+,37?,40?,42?;18-,19+/m00/s1. The molecule has 2 amide bonds. The molecule has 15 heteroatoms. The first-order valence-corrected chi connectivity index (χ1v) is 31.3. The first kappa shape index (κ1) is 66.7. The van der Waals surface area contributed by atoms with Crippen LogP contribution in [0.1, 0.15) is 191 Å². The highest BCUT2D eigenvalue weighted by Gasteiger charge is 2.42. The highest BCUT2D eigenvalue weighted by Crippen LogP contribution is 2.49. The van der Waals surface area contributed by atoms with E-state index in [1.807, 2.05) is 43.0 Å². The number of amides is 2. The molecule has 0 aromatic heterocycles. The summed E-state index contributed by atoms with van der Waals surface area (Å²) in [5, 5.41) is 37.6. The van der Waals surface area contributed by atoms with Crippen molar-refractivity contribution in [3.63, 3.8) is 0 Å². The van der Waals surface area contributed by atoms with Gasteiger partial charge < -0.3 is 49.6 Å². The number of fused-ring (bicyclic) bond motifs is 1. The van der Waals surface area contributed by atoms with E-state index in [1.165, 1.54) is 11.1 Å². The molecule has 0 bridgehead atoms. The second kappa shape index (κ2) is 35.8. The number of aliphatic carboxylic acids is 1. The number of unbranched alkanes of at least 4 members (excludes halogenated alkanes) is 5. The molecule has 0 radical (unpaired) electrons. The Kier molecular flexibility index (Phi) is 29.5. The number of carboxylic acids is 1. The van der Waals surface area contributed by atoms with E-state index in [2.05, 4.69) is 70.6 Å². The third kappa shape index (κ3) is 22.5. The second-order valence-electron chi connectivity index (χ2n) is 23.0. The highest BCUT2D eigenvalue weighted by atomic mass is 32.2. The Morgan fingerprint density at radius 3 is 1.85 bits per heavy atom.